The van der Waals surface area contributed by atoms with Crippen molar-refractivity contribution in [3.8, 4) is 5.75 Å². The highest BCUT2D eigenvalue weighted by Crippen LogP contribution is 2.21. The number of furan rings is 1. The summed E-state index contributed by atoms with van der Waals surface area (Å²) >= 11 is 3.39. The van der Waals surface area contributed by atoms with Crippen LogP contribution in [-0.4, -0.2) is 13.0 Å². The number of anilines is 1. The van der Waals surface area contributed by atoms with Crippen LogP contribution < -0.4 is 10.1 Å². The molecule has 1 N–H and O–H groups in total. The van der Waals surface area contributed by atoms with Crippen molar-refractivity contribution < 1.29 is 18.7 Å². The summed E-state index contributed by atoms with van der Waals surface area (Å²) in [7, 11) is 1.61. The SMILES string of the molecule is COCc1ccccc1NC(=O)c1ccc(COc2cccc(Br)c2)o1. The Labute approximate surface area is 160 Å². The third-order valence-corrected chi connectivity index (χ3v) is 4.12. The van der Waals surface area contributed by atoms with Gasteiger partial charge in [0.15, 0.2) is 5.76 Å². The lowest BCUT2D eigenvalue weighted by Gasteiger charge is -2.09. The van der Waals surface area contributed by atoms with E-state index in [0.717, 1.165) is 15.8 Å². The van der Waals surface area contributed by atoms with Crippen LogP contribution in [0, 0.1) is 0 Å². The van der Waals surface area contributed by atoms with E-state index in [4.69, 9.17) is 13.9 Å². The summed E-state index contributed by atoms with van der Waals surface area (Å²) in [4.78, 5) is 12.4. The standard InChI is InChI=1S/C20H18BrNO4/c1-24-12-14-5-2-3-8-18(14)22-20(23)19-10-9-17(26-19)13-25-16-7-4-6-15(21)11-16/h2-11H,12-13H2,1H3,(H,22,23). The maximum Gasteiger partial charge on any atom is 0.291 e. The summed E-state index contributed by atoms with van der Waals surface area (Å²) in [6, 6.07) is 18.4. The molecule has 1 amide bonds. The van der Waals surface area contributed by atoms with Gasteiger partial charge in [0.05, 0.1) is 6.61 Å². The lowest BCUT2D eigenvalue weighted by atomic mass is 10.2. The molecule has 3 rings (SSSR count). The number of methoxy groups -OCH3 is 1. The molecule has 0 saturated carbocycles. The summed E-state index contributed by atoms with van der Waals surface area (Å²) in [6.07, 6.45) is 0. The highest BCUT2D eigenvalue weighted by Gasteiger charge is 2.13. The highest BCUT2D eigenvalue weighted by molar-refractivity contribution is 9.10. The van der Waals surface area contributed by atoms with E-state index in [-0.39, 0.29) is 18.3 Å². The summed E-state index contributed by atoms with van der Waals surface area (Å²) < 4.78 is 17.3. The van der Waals surface area contributed by atoms with Crippen molar-refractivity contribution in [2.24, 2.45) is 0 Å². The molecule has 6 heteroatoms. The average Bonchev–Trinajstić information content (AvgIpc) is 3.11. The van der Waals surface area contributed by atoms with Gasteiger partial charge < -0.3 is 19.2 Å². The molecule has 0 atom stereocenters. The van der Waals surface area contributed by atoms with Crippen LogP contribution in [0.1, 0.15) is 21.9 Å². The van der Waals surface area contributed by atoms with Crippen molar-refractivity contribution in [2.45, 2.75) is 13.2 Å². The van der Waals surface area contributed by atoms with Crippen LogP contribution >= 0.6 is 15.9 Å². The van der Waals surface area contributed by atoms with Crippen LogP contribution in [0.5, 0.6) is 5.75 Å². The summed E-state index contributed by atoms with van der Waals surface area (Å²) in [5.74, 6) is 1.20. The summed E-state index contributed by atoms with van der Waals surface area (Å²) in [5.41, 5.74) is 1.59. The van der Waals surface area contributed by atoms with Crippen LogP contribution in [0.15, 0.2) is 69.6 Å². The molecule has 0 saturated heterocycles. The number of hydrogen-bond donors (Lipinski definition) is 1. The van der Waals surface area contributed by atoms with Crippen LogP contribution in [0.4, 0.5) is 5.69 Å². The van der Waals surface area contributed by atoms with E-state index in [1.807, 2.05) is 48.5 Å². The predicted octanol–water partition coefficient (Wildman–Crippen LogP) is 5.02. The Balaban J connectivity index is 1.63. The van der Waals surface area contributed by atoms with Gasteiger partial charge in [0.25, 0.3) is 5.91 Å². The second-order valence-corrected chi connectivity index (χ2v) is 6.47. The zero-order chi connectivity index (χ0) is 18.4. The van der Waals surface area contributed by atoms with Gasteiger partial charge in [0.2, 0.25) is 0 Å². The van der Waals surface area contributed by atoms with Gasteiger partial charge in [-0.05, 0) is 36.4 Å². The van der Waals surface area contributed by atoms with E-state index in [1.165, 1.54) is 0 Å². The first-order chi connectivity index (χ1) is 12.7. The molecule has 0 bridgehead atoms. The third kappa shape index (κ3) is 4.74. The minimum Gasteiger partial charge on any atom is -0.486 e. The number of benzene rings is 2. The van der Waals surface area contributed by atoms with Crippen molar-refractivity contribution in [3.05, 3.63) is 82.2 Å². The number of para-hydroxylation sites is 1. The molecule has 1 aromatic heterocycles. The Bertz CT molecular complexity index is 891. The monoisotopic (exact) mass is 415 g/mol. The molecule has 0 spiro atoms. The second-order valence-electron chi connectivity index (χ2n) is 5.56. The third-order valence-electron chi connectivity index (χ3n) is 3.63. The molecular formula is C20H18BrNO4. The zero-order valence-corrected chi connectivity index (χ0v) is 15.8. The fourth-order valence-electron chi connectivity index (χ4n) is 2.40. The minimum atomic E-state index is -0.317. The van der Waals surface area contributed by atoms with Gasteiger partial charge in [0, 0.05) is 22.8 Å². The maximum atomic E-state index is 12.4. The van der Waals surface area contributed by atoms with Crippen molar-refractivity contribution in [1.82, 2.24) is 0 Å². The van der Waals surface area contributed by atoms with Crippen molar-refractivity contribution in [3.63, 3.8) is 0 Å². The molecular weight excluding hydrogens is 398 g/mol. The topological polar surface area (TPSA) is 60.7 Å². The first-order valence-corrected chi connectivity index (χ1v) is 8.80. The lowest BCUT2D eigenvalue weighted by Crippen LogP contribution is -2.12. The van der Waals surface area contributed by atoms with E-state index < -0.39 is 0 Å². The molecule has 0 aliphatic carbocycles. The van der Waals surface area contributed by atoms with Gasteiger partial charge in [-0.15, -0.1) is 0 Å². The van der Waals surface area contributed by atoms with Gasteiger partial charge in [-0.2, -0.15) is 0 Å². The zero-order valence-electron chi connectivity index (χ0n) is 14.2. The second kappa shape index (κ2) is 8.69. The number of rotatable bonds is 7. The number of carbonyl (C=O) groups is 1. The smallest absolute Gasteiger partial charge is 0.291 e. The molecule has 3 aromatic rings. The summed E-state index contributed by atoms with van der Waals surface area (Å²) in [5, 5.41) is 2.85. The van der Waals surface area contributed by atoms with Crippen molar-refractivity contribution in [1.29, 1.82) is 0 Å². The number of hydrogen-bond acceptors (Lipinski definition) is 4. The van der Waals surface area contributed by atoms with E-state index in [1.54, 1.807) is 19.2 Å². The highest BCUT2D eigenvalue weighted by atomic mass is 79.9. The minimum absolute atomic E-state index is 0.227. The normalized spacial score (nSPS) is 10.5. The van der Waals surface area contributed by atoms with Crippen LogP contribution in [0.2, 0.25) is 0 Å². The van der Waals surface area contributed by atoms with Crippen molar-refractivity contribution in [2.75, 3.05) is 12.4 Å². The quantitative estimate of drug-likeness (QED) is 0.588. The number of amides is 1. The van der Waals surface area contributed by atoms with E-state index in [0.29, 0.717) is 18.1 Å². The molecule has 0 unspecified atom stereocenters. The van der Waals surface area contributed by atoms with Gasteiger partial charge in [-0.25, -0.2) is 0 Å². The molecule has 1 heterocycles. The lowest BCUT2D eigenvalue weighted by molar-refractivity contribution is 0.0992. The molecule has 134 valence electrons. The Morgan fingerprint density at radius 2 is 1.92 bits per heavy atom. The molecule has 2 aromatic carbocycles. The van der Waals surface area contributed by atoms with Crippen molar-refractivity contribution >= 4 is 27.5 Å². The summed E-state index contributed by atoms with van der Waals surface area (Å²) in [6.45, 7) is 0.657. The van der Waals surface area contributed by atoms with Crippen LogP contribution in [0.25, 0.3) is 0 Å². The van der Waals surface area contributed by atoms with E-state index >= 15 is 0 Å². The number of ether oxygens (including phenoxy) is 2. The van der Waals surface area contributed by atoms with Crippen LogP contribution in [0.3, 0.4) is 0 Å². The van der Waals surface area contributed by atoms with Gasteiger partial charge >= 0.3 is 0 Å². The average molecular weight is 416 g/mol. The first-order valence-electron chi connectivity index (χ1n) is 8.01. The van der Waals surface area contributed by atoms with Gasteiger partial charge in [-0.1, -0.05) is 40.2 Å². The maximum absolute atomic E-state index is 12.4. The molecule has 0 fully saturated rings. The van der Waals surface area contributed by atoms with Gasteiger partial charge in [-0.3, -0.25) is 4.79 Å². The molecule has 0 aliphatic rings. The molecule has 26 heavy (non-hydrogen) atoms. The first kappa shape index (κ1) is 18.2. The predicted molar refractivity (Wildman–Crippen MR) is 102 cm³/mol. The number of carbonyl (C=O) groups excluding carboxylic acids is 1. The van der Waals surface area contributed by atoms with E-state index in [2.05, 4.69) is 21.2 Å². The molecule has 0 aliphatic heterocycles. The Kier molecular flexibility index (Phi) is 6.09. The Morgan fingerprint density at radius 3 is 2.73 bits per heavy atom. The number of halogens is 1. The Hall–Kier alpha value is -2.57. The molecule has 5 nitrogen and oxygen atoms in total. The fourth-order valence-corrected chi connectivity index (χ4v) is 2.77. The van der Waals surface area contributed by atoms with E-state index in [9.17, 15) is 4.79 Å². The fraction of sp³-hybridized carbons (Fsp3) is 0.150. The molecule has 0 radical (unpaired) electrons. The Morgan fingerprint density at radius 1 is 1.08 bits per heavy atom. The number of nitrogens with one attached hydrogen (secondary N) is 1. The largest absolute Gasteiger partial charge is 0.486 e. The van der Waals surface area contributed by atoms with Crippen LogP contribution in [-0.2, 0) is 18.0 Å². The van der Waals surface area contributed by atoms with Gasteiger partial charge in [0.1, 0.15) is 18.1 Å².